The number of Topliss-reactive ketones (excluding diaryl/α,β-unsaturated/α-hetero) is 1. The van der Waals surface area contributed by atoms with E-state index in [4.69, 9.17) is 21.1 Å². The summed E-state index contributed by atoms with van der Waals surface area (Å²) >= 11 is 6.12. The van der Waals surface area contributed by atoms with Gasteiger partial charge in [0.2, 0.25) is 5.88 Å². The second kappa shape index (κ2) is 8.42. The van der Waals surface area contributed by atoms with Crippen LogP contribution in [-0.4, -0.2) is 38.0 Å². The van der Waals surface area contributed by atoms with Crippen LogP contribution in [-0.2, 0) is 13.0 Å². The number of aromatic nitrogens is 5. The van der Waals surface area contributed by atoms with Gasteiger partial charge in [0, 0.05) is 30.6 Å². The predicted octanol–water partition coefficient (Wildman–Crippen LogP) is 3.55. The van der Waals surface area contributed by atoms with E-state index in [2.05, 4.69) is 25.1 Å². The maximum atomic E-state index is 15.0. The number of carbonyl (C=O) groups is 1. The van der Waals surface area contributed by atoms with Crippen molar-refractivity contribution in [2.75, 3.05) is 7.11 Å². The highest BCUT2D eigenvalue weighted by Crippen LogP contribution is 2.29. The Morgan fingerprint density at radius 2 is 2.00 bits per heavy atom. The van der Waals surface area contributed by atoms with Gasteiger partial charge >= 0.3 is 0 Å². The molecule has 8 nitrogen and oxygen atoms in total. The van der Waals surface area contributed by atoms with Gasteiger partial charge in [-0.2, -0.15) is 0 Å². The molecule has 0 bridgehead atoms. The smallest absolute Gasteiger partial charge is 0.241 e. The van der Waals surface area contributed by atoms with Gasteiger partial charge in [0.05, 0.1) is 23.1 Å². The molecule has 0 radical (unpaired) electrons. The zero-order chi connectivity index (χ0) is 21.1. The first-order valence-electron chi connectivity index (χ1n) is 8.81. The van der Waals surface area contributed by atoms with Crippen LogP contribution in [0, 0.1) is 5.82 Å². The van der Waals surface area contributed by atoms with Crippen molar-refractivity contribution in [3.05, 3.63) is 70.6 Å². The van der Waals surface area contributed by atoms with Crippen LogP contribution >= 0.6 is 11.6 Å². The van der Waals surface area contributed by atoms with E-state index in [-0.39, 0.29) is 29.4 Å². The molecule has 0 atom stereocenters. The molecule has 0 saturated heterocycles. The number of hydrogen-bond donors (Lipinski definition) is 1. The molecule has 0 fully saturated rings. The SMILES string of the molecule is COc1n[nH]c2ncc(CC(=O)c3c(Cl)ccc(OCc4cncnc4)c3F)cc12. The van der Waals surface area contributed by atoms with Crippen molar-refractivity contribution in [1.82, 2.24) is 25.1 Å². The number of methoxy groups -OCH3 is 1. The fourth-order valence-electron chi connectivity index (χ4n) is 2.92. The Labute approximate surface area is 175 Å². The van der Waals surface area contributed by atoms with E-state index in [9.17, 15) is 9.18 Å². The lowest BCUT2D eigenvalue weighted by Crippen LogP contribution is -2.09. The van der Waals surface area contributed by atoms with Gasteiger partial charge in [0.1, 0.15) is 12.9 Å². The van der Waals surface area contributed by atoms with Gasteiger partial charge in [0.15, 0.2) is 23.0 Å². The lowest BCUT2D eigenvalue weighted by atomic mass is 10.0. The number of ketones is 1. The molecule has 0 amide bonds. The van der Waals surface area contributed by atoms with Crippen LogP contribution in [0.4, 0.5) is 4.39 Å². The number of rotatable bonds is 7. The van der Waals surface area contributed by atoms with Gasteiger partial charge in [0.25, 0.3) is 0 Å². The molecule has 152 valence electrons. The van der Waals surface area contributed by atoms with Gasteiger partial charge in [-0.3, -0.25) is 9.89 Å². The summed E-state index contributed by atoms with van der Waals surface area (Å²) in [5, 5.41) is 7.33. The minimum absolute atomic E-state index is 0.00261. The quantitative estimate of drug-likeness (QED) is 0.450. The molecule has 1 N–H and O–H groups in total. The van der Waals surface area contributed by atoms with Crippen LogP contribution in [0.25, 0.3) is 11.0 Å². The van der Waals surface area contributed by atoms with Gasteiger partial charge in [-0.25, -0.2) is 19.3 Å². The minimum Gasteiger partial charge on any atom is -0.486 e. The van der Waals surface area contributed by atoms with E-state index in [1.54, 1.807) is 18.5 Å². The highest BCUT2D eigenvalue weighted by atomic mass is 35.5. The number of H-pyrrole nitrogens is 1. The van der Waals surface area contributed by atoms with E-state index >= 15 is 0 Å². The first-order valence-corrected chi connectivity index (χ1v) is 9.19. The molecule has 3 aromatic heterocycles. The summed E-state index contributed by atoms with van der Waals surface area (Å²) in [6.45, 7) is 0.0495. The van der Waals surface area contributed by atoms with Crippen molar-refractivity contribution in [1.29, 1.82) is 0 Å². The number of nitrogens with zero attached hydrogens (tertiary/aromatic N) is 4. The number of ether oxygens (including phenoxy) is 2. The topological polar surface area (TPSA) is 103 Å². The van der Waals surface area contributed by atoms with Crippen molar-refractivity contribution in [2.24, 2.45) is 0 Å². The highest BCUT2D eigenvalue weighted by molar-refractivity contribution is 6.34. The molecule has 3 heterocycles. The maximum Gasteiger partial charge on any atom is 0.241 e. The standard InChI is InChI=1S/C20H15ClFN5O3/c1-29-20-13-4-11(8-25-19(13)26-27-20)5-15(28)17-14(21)2-3-16(18(17)22)30-9-12-6-23-10-24-7-12/h2-4,6-8,10H,5,9H2,1H3,(H,25,26,27). The van der Waals surface area contributed by atoms with Crippen LogP contribution < -0.4 is 9.47 Å². The summed E-state index contributed by atoms with van der Waals surface area (Å²) in [6, 6.07) is 4.52. The monoisotopic (exact) mass is 427 g/mol. The summed E-state index contributed by atoms with van der Waals surface area (Å²) in [6.07, 6.45) is 5.90. The fraction of sp³-hybridized carbons (Fsp3) is 0.150. The van der Waals surface area contributed by atoms with E-state index in [1.165, 1.54) is 31.8 Å². The highest BCUT2D eigenvalue weighted by Gasteiger charge is 2.21. The predicted molar refractivity (Wildman–Crippen MR) is 106 cm³/mol. The Hall–Kier alpha value is -3.59. The number of hydrogen-bond acceptors (Lipinski definition) is 7. The largest absolute Gasteiger partial charge is 0.486 e. The first-order chi connectivity index (χ1) is 14.6. The van der Waals surface area contributed by atoms with Gasteiger partial charge in [-0.05, 0) is 23.8 Å². The molecule has 0 saturated carbocycles. The number of aromatic amines is 1. The number of carbonyl (C=O) groups excluding carboxylic acids is 1. The molecule has 10 heteroatoms. The average molecular weight is 428 g/mol. The number of pyridine rings is 1. The molecule has 4 aromatic rings. The third-order valence-corrected chi connectivity index (χ3v) is 4.65. The lowest BCUT2D eigenvalue weighted by Gasteiger charge is -2.11. The van der Waals surface area contributed by atoms with E-state index in [0.717, 1.165) is 0 Å². The molecule has 30 heavy (non-hydrogen) atoms. The molecule has 1 aromatic carbocycles. The third kappa shape index (κ3) is 3.92. The Bertz CT molecular complexity index is 1220. The van der Waals surface area contributed by atoms with Crippen LogP contribution in [0.2, 0.25) is 5.02 Å². The van der Waals surface area contributed by atoms with Crippen molar-refractivity contribution >= 4 is 28.4 Å². The second-order valence-corrected chi connectivity index (χ2v) is 6.75. The van der Waals surface area contributed by atoms with Gasteiger partial charge in [-0.15, -0.1) is 5.10 Å². The summed E-state index contributed by atoms with van der Waals surface area (Å²) in [5.74, 6) is -1.05. The summed E-state index contributed by atoms with van der Waals surface area (Å²) in [4.78, 5) is 24.8. The van der Waals surface area contributed by atoms with Crippen molar-refractivity contribution in [2.45, 2.75) is 13.0 Å². The molecular formula is C20H15ClFN5O3. The first kappa shape index (κ1) is 19.7. The van der Waals surface area contributed by atoms with Crippen LogP contribution in [0.3, 0.4) is 0 Å². The number of fused-ring (bicyclic) bond motifs is 1. The van der Waals surface area contributed by atoms with Crippen molar-refractivity contribution in [3.8, 4) is 11.6 Å². The van der Waals surface area contributed by atoms with Crippen molar-refractivity contribution < 1.29 is 18.7 Å². The van der Waals surface area contributed by atoms with Crippen molar-refractivity contribution in [3.63, 3.8) is 0 Å². The maximum absolute atomic E-state index is 15.0. The molecule has 4 rings (SSSR count). The molecule has 0 spiro atoms. The molecule has 0 aliphatic carbocycles. The van der Waals surface area contributed by atoms with Crippen LogP contribution in [0.5, 0.6) is 11.6 Å². The van der Waals surface area contributed by atoms with E-state index in [0.29, 0.717) is 28.0 Å². The van der Waals surface area contributed by atoms with E-state index in [1.807, 2.05) is 0 Å². The third-order valence-electron chi connectivity index (χ3n) is 4.34. The zero-order valence-corrected chi connectivity index (χ0v) is 16.5. The fourth-order valence-corrected chi connectivity index (χ4v) is 3.17. The van der Waals surface area contributed by atoms with E-state index < -0.39 is 11.6 Å². The summed E-state index contributed by atoms with van der Waals surface area (Å²) in [7, 11) is 1.48. The summed E-state index contributed by atoms with van der Waals surface area (Å²) in [5.41, 5.74) is 1.51. The normalized spacial score (nSPS) is 10.9. The Kier molecular flexibility index (Phi) is 5.53. The summed E-state index contributed by atoms with van der Waals surface area (Å²) < 4.78 is 25.6. The molecule has 0 aliphatic rings. The average Bonchev–Trinajstić information content (AvgIpc) is 3.16. The molecular weight excluding hydrogens is 413 g/mol. The number of halogens is 2. The number of nitrogens with one attached hydrogen (secondary N) is 1. The second-order valence-electron chi connectivity index (χ2n) is 6.34. The van der Waals surface area contributed by atoms with Gasteiger partial charge in [-0.1, -0.05) is 11.6 Å². The lowest BCUT2D eigenvalue weighted by molar-refractivity contribution is 0.0988. The minimum atomic E-state index is -0.820. The number of benzene rings is 1. The van der Waals surface area contributed by atoms with Crippen LogP contribution in [0.1, 0.15) is 21.5 Å². The van der Waals surface area contributed by atoms with Crippen LogP contribution in [0.15, 0.2) is 43.1 Å². The zero-order valence-electron chi connectivity index (χ0n) is 15.7. The molecule has 0 unspecified atom stereocenters. The molecule has 0 aliphatic heterocycles. The Morgan fingerprint density at radius 1 is 1.20 bits per heavy atom. The Morgan fingerprint density at radius 3 is 2.77 bits per heavy atom. The Balaban J connectivity index is 1.57. The van der Waals surface area contributed by atoms with Gasteiger partial charge < -0.3 is 9.47 Å².